The maximum Gasteiger partial charge on any atom is 0.166 e. The van der Waals surface area contributed by atoms with Gasteiger partial charge in [0.2, 0.25) is 0 Å². The maximum absolute atomic E-state index is 12.3. The molecule has 0 spiro atoms. The second-order valence-corrected chi connectivity index (χ2v) is 5.84. The summed E-state index contributed by atoms with van der Waals surface area (Å²) in [5, 5.41) is 1.16. The molecule has 0 radical (unpaired) electrons. The van der Waals surface area contributed by atoms with Gasteiger partial charge in [-0.3, -0.25) is 4.79 Å². The van der Waals surface area contributed by atoms with Crippen molar-refractivity contribution in [1.82, 2.24) is 0 Å². The van der Waals surface area contributed by atoms with E-state index in [4.69, 9.17) is 23.2 Å². The third-order valence-electron chi connectivity index (χ3n) is 3.54. The van der Waals surface area contributed by atoms with Gasteiger partial charge in [0.25, 0.3) is 0 Å². The van der Waals surface area contributed by atoms with Gasteiger partial charge < -0.3 is 0 Å². The van der Waals surface area contributed by atoms with Gasteiger partial charge in [0, 0.05) is 21.5 Å². The Morgan fingerprint density at radius 1 is 1.11 bits per heavy atom. The molecule has 2 aromatic rings. The molecule has 1 nitrogen and oxygen atoms in total. The van der Waals surface area contributed by atoms with Crippen LogP contribution in [0, 0.1) is 5.92 Å². The van der Waals surface area contributed by atoms with Crippen LogP contribution in [0.5, 0.6) is 0 Å². The highest BCUT2D eigenvalue weighted by Gasteiger charge is 2.29. The number of carbonyl (C=O) groups is 1. The lowest BCUT2D eigenvalue weighted by Crippen LogP contribution is -2.04. The summed E-state index contributed by atoms with van der Waals surface area (Å²) in [7, 11) is 0. The summed E-state index contributed by atoms with van der Waals surface area (Å²) in [5.41, 5.74) is 3.77. The molecule has 1 aliphatic rings. The molecule has 3 heteroatoms. The van der Waals surface area contributed by atoms with Crippen molar-refractivity contribution >= 4 is 29.0 Å². The molecule has 0 aromatic heterocycles. The topological polar surface area (TPSA) is 17.1 Å². The molecule has 96 valence electrons. The first-order chi connectivity index (χ1) is 9.06. The number of carbonyl (C=O) groups excluding carboxylic acids is 1. The van der Waals surface area contributed by atoms with E-state index >= 15 is 0 Å². The number of rotatable bonds is 1. The van der Waals surface area contributed by atoms with Crippen molar-refractivity contribution in [3.05, 3.63) is 57.6 Å². The largest absolute Gasteiger partial charge is 0.294 e. The van der Waals surface area contributed by atoms with Crippen molar-refractivity contribution in [2.45, 2.75) is 13.3 Å². The molecule has 0 saturated carbocycles. The number of hydrogen-bond acceptors (Lipinski definition) is 1. The molecule has 0 fully saturated rings. The van der Waals surface area contributed by atoms with Crippen molar-refractivity contribution in [2.75, 3.05) is 0 Å². The quantitative estimate of drug-likeness (QED) is 0.719. The van der Waals surface area contributed by atoms with Crippen LogP contribution in [0.1, 0.15) is 22.8 Å². The Morgan fingerprint density at radius 3 is 2.47 bits per heavy atom. The summed E-state index contributed by atoms with van der Waals surface area (Å²) in [6, 6.07) is 11.3. The fourth-order valence-corrected chi connectivity index (χ4v) is 3.21. The Hall–Kier alpha value is -1.31. The molecule has 1 aliphatic carbocycles. The van der Waals surface area contributed by atoms with Crippen molar-refractivity contribution in [2.24, 2.45) is 5.92 Å². The molecule has 0 saturated heterocycles. The molecule has 1 atom stereocenters. The number of halogens is 2. The van der Waals surface area contributed by atoms with E-state index in [-0.39, 0.29) is 11.7 Å². The minimum atomic E-state index is 0.0609. The number of benzene rings is 2. The lowest BCUT2D eigenvalue weighted by atomic mass is 9.96. The van der Waals surface area contributed by atoms with Crippen LogP contribution in [0.2, 0.25) is 10.0 Å². The predicted molar refractivity (Wildman–Crippen MR) is 79.1 cm³/mol. The summed E-state index contributed by atoms with van der Waals surface area (Å²) in [6.45, 7) is 1.97. The van der Waals surface area contributed by atoms with Gasteiger partial charge in [-0.05, 0) is 41.3 Å². The number of hydrogen-bond donors (Lipinski definition) is 0. The van der Waals surface area contributed by atoms with E-state index < -0.39 is 0 Å². The van der Waals surface area contributed by atoms with Gasteiger partial charge in [-0.2, -0.15) is 0 Å². The van der Waals surface area contributed by atoms with Crippen molar-refractivity contribution < 1.29 is 4.79 Å². The molecule has 19 heavy (non-hydrogen) atoms. The summed E-state index contributed by atoms with van der Waals surface area (Å²) in [5.74, 6) is 0.271. The van der Waals surface area contributed by atoms with E-state index in [9.17, 15) is 4.79 Å². The van der Waals surface area contributed by atoms with Gasteiger partial charge in [0.1, 0.15) is 0 Å². The predicted octanol–water partition coefficient (Wildman–Crippen LogP) is 5.04. The molecule has 0 aliphatic heterocycles. The maximum atomic E-state index is 12.3. The third-order valence-corrected chi connectivity index (χ3v) is 3.98. The zero-order valence-electron chi connectivity index (χ0n) is 10.4. The molecule has 1 unspecified atom stereocenters. The highest BCUT2D eigenvalue weighted by Crippen LogP contribution is 2.36. The minimum absolute atomic E-state index is 0.0609. The fraction of sp³-hybridized carbons (Fsp3) is 0.188. The van der Waals surface area contributed by atoms with Crippen LogP contribution >= 0.6 is 23.2 Å². The Morgan fingerprint density at radius 2 is 1.79 bits per heavy atom. The highest BCUT2D eigenvalue weighted by molar-refractivity contribution is 6.35. The third kappa shape index (κ3) is 2.18. The van der Waals surface area contributed by atoms with E-state index in [2.05, 4.69) is 0 Å². The normalized spacial score (nSPS) is 17.6. The van der Waals surface area contributed by atoms with Crippen molar-refractivity contribution in [3.8, 4) is 11.1 Å². The monoisotopic (exact) mass is 290 g/mol. The second kappa shape index (κ2) is 4.66. The van der Waals surface area contributed by atoms with E-state index in [1.807, 2.05) is 37.3 Å². The average Bonchev–Trinajstić information content (AvgIpc) is 2.64. The molecule has 0 N–H and O–H groups in total. The Kier molecular flexibility index (Phi) is 3.12. The summed E-state index contributed by atoms with van der Waals surface area (Å²) in [6.07, 6.45) is 0.816. The molecule has 2 aromatic carbocycles. The van der Waals surface area contributed by atoms with Gasteiger partial charge in [0.15, 0.2) is 5.78 Å². The zero-order valence-corrected chi connectivity index (χ0v) is 11.9. The van der Waals surface area contributed by atoms with Crippen molar-refractivity contribution in [3.63, 3.8) is 0 Å². The molecular formula is C16H12Cl2O. The average molecular weight is 291 g/mol. The molecule has 0 bridgehead atoms. The van der Waals surface area contributed by atoms with Crippen LogP contribution in [-0.4, -0.2) is 5.78 Å². The van der Waals surface area contributed by atoms with Crippen LogP contribution in [0.4, 0.5) is 0 Å². The van der Waals surface area contributed by atoms with E-state index in [1.54, 1.807) is 6.07 Å². The Balaban J connectivity index is 2.23. The van der Waals surface area contributed by atoms with Crippen molar-refractivity contribution in [1.29, 1.82) is 0 Å². The lowest BCUT2D eigenvalue weighted by molar-refractivity contribution is 0.0947. The van der Waals surface area contributed by atoms with Gasteiger partial charge in [-0.25, -0.2) is 0 Å². The first-order valence-electron chi connectivity index (χ1n) is 6.19. The fourth-order valence-electron chi connectivity index (χ4n) is 2.68. The minimum Gasteiger partial charge on any atom is -0.294 e. The highest BCUT2D eigenvalue weighted by atomic mass is 35.5. The Bertz CT molecular complexity index is 656. The van der Waals surface area contributed by atoms with Gasteiger partial charge >= 0.3 is 0 Å². The van der Waals surface area contributed by atoms with Crippen LogP contribution in [-0.2, 0) is 6.42 Å². The standard InChI is InChI=1S/C16H12Cl2O/c1-9-5-10-3-2-4-14(15(10)16(9)19)11-6-12(17)8-13(18)7-11/h2-4,6-9H,5H2,1H3. The molecule has 0 heterocycles. The smallest absolute Gasteiger partial charge is 0.166 e. The van der Waals surface area contributed by atoms with Crippen LogP contribution in [0.3, 0.4) is 0 Å². The number of fused-ring (bicyclic) bond motifs is 1. The summed E-state index contributed by atoms with van der Waals surface area (Å²) < 4.78 is 0. The molecular weight excluding hydrogens is 279 g/mol. The first-order valence-corrected chi connectivity index (χ1v) is 6.94. The second-order valence-electron chi connectivity index (χ2n) is 4.97. The zero-order chi connectivity index (χ0) is 13.6. The van der Waals surface area contributed by atoms with Crippen LogP contribution in [0.15, 0.2) is 36.4 Å². The SMILES string of the molecule is CC1Cc2cccc(-c3cc(Cl)cc(Cl)c3)c2C1=O. The van der Waals surface area contributed by atoms with E-state index in [1.165, 1.54) is 0 Å². The first kappa shape index (κ1) is 12.7. The summed E-state index contributed by atoms with van der Waals surface area (Å²) >= 11 is 12.1. The molecule has 3 rings (SSSR count). The number of Topliss-reactive ketones (excluding diaryl/α,β-unsaturated/α-hetero) is 1. The summed E-state index contributed by atoms with van der Waals surface area (Å²) in [4.78, 5) is 12.3. The van der Waals surface area contributed by atoms with E-state index in [0.29, 0.717) is 10.0 Å². The van der Waals surface area contributed by atoms with Crippen LogP contribution in [0.25, 0.3) is 11.1 Å². The van der Waals surface area contributed by atoms with Gasteiger partial charge in [0.05, 0.1) is 0 Å². The van der Waals surface area contributed by atoms with Gasteiger partial charge in [-0.1, -0.05) is 48.3 Å². The molecule has 0 amide bonds. The van der Waals surface area contributed by atoms with Crippen LogP contribution < -0.4 is 0 Å². The lowest BCUT2D eigenvalue weighted by Gasteiger charge is -2.09. The Labute approximate surface area is 122 Å². The van der Waals surface area contributed by atoms with E-state index in [0.717, 1.165) is 28.7 Å². The number of ketones is 1. The van der Waals surface area contributed by atoms with Gasteiger partial charge in [-0.15, -0.1) is 0 Å².